The number of carbonyl (C=O) groups is 1. The Hall–Kier alpha value is -1.36. The van der Waals surface area contributed by atoms with Gasteiger partial charge in [0.1, 0.15) is 10.8 Å². The Morgan fingerprint density at radius 1 is 1.30 bits per heavy atom. The Morgan fingerprint density at radius 3 is 2.60 bits per heavy atom. The SMILES string of the molecule is Cc1ncc(Cl)c(N2CCN(C(=O)C3CCC3)CC2)n1. The van der Waals surface area contributed by atoms with Crippen LogP contribution in [0.2, 0.25) is 5.02 Å². The highest BCUT2D eigenvalue weighted by Crippen LogP contribution is 2.29. The molecule has 0 radical (unpaired) electrons. The van der Waals surface area contributed by atoms with Gasteiger partial charge in [-0.05, 0) is 19.8 Å². The summed E-state index contributed by atoms with van der Waals surface area (Å²) in [6.45, 7) is 4.95. The molecule has 2 aliphatic rings. The summed E-state index contributed by atoms with van der Waals surface area (Å²) in [7, 11) is 0. The average molecular weight is 295 g/mol. The van der Waals surface area contributed by atoms with Crippen LogP contribution in [0.25, 0.3) is 0 Å². The van der Waals surface area contributed by atoms with Crippen molar-refractivity contribution in [1.82, 2.24) is 14.9 Å². The number of amides is 1. The Kier molecular flexibility index (Phi) is 3.78. The molecule has 1 aliphatic carbocycles. The fourth-order valence-corrected chi connectivity index (χ4v) is 2.93. The van der Waals surface area contributed by atoms with Crippen molar-refractivity contribution in [3.63, 3.8) is 0 Å². The van der Waals surface area contributed by atoms with Crippen molar-refractivity contribution in [2.24, 2.45) is 5.92 Å². The number of hydrogen-bond acceptors (Lipinski definition) is 4. The Morgan fingerprint density at radius 2 is 2.00 bits per heavy atom. The molecule has 1 aromatic rings. The summed E-state index contributed by atoms with van der Waals surface area (Å²) < 4.78 is 0. The molecule has 5 nitrogen and oxygen atoms in total. The second-order valence-electron chi connectivity index (χ2n) is 5.53. The molecular weight excluding hydrogens is 276 g/mol. The lowest BCUT2D eigenvalue weighted by molar-refractivity contribution is -0.138. The normalized spacial score (nSPS) is 19.9. The van der Waals surface area contributed by atoms with Gasteiger partial charge < -0.3 is 9.80 Å². The topological polar surface area (TPSA) is 49.3 Å². The van der Waals surface area contributed by atoms with Crippen molar-refractivity contribution in [2.75, 3.05) is 31.1 Å². The Labute approximate surface area is 123 Å². The molecule has 0 spiro atoms. The van der Waals surface area contributed by atoms with Crippen LogP contribution in [-0.2, 0) is 4.79 Å². The monoisotopic (exact) mass is 294 g/mol. The molecule has 0 aromatic carbocycles. The molecule has 1 amide bonds. The second kappa shape index (κ2) is 5.56. The molecule has 3 rings (SSSR count). The molecule has 108 valence electrons. The van der Waals surface area contributed by atoms with Gasteiger partial charge in [-0.1, -0.05) is 18.0 Å². The van der Waals surface area contributed by atoms with E-state index in [9.17, 15) is 4.79 Å². The van der Waals surface area contributed by atoms with E-state index in [2.05, 4.69) is 14.9 Å². The van der Waals surface area contributed by atoms with Crippen LogP contribution in [-0.4, -0.2) is 47.0 Å². The first-order valence-corrected chi connectivity index (χ1v) is 7.56. The third kappa shape index (κ3) is 2.59. The van der Waals surface area contributed by atoms with Crippen molar-refractivity contribution in [3.05, 3.63) is 17.0 Å². The van der Waals surface area contributed by atoms with Gasteiger partial charge in [0.2, 0.25) is 5.91 Å². The minimum atomic E-state index is 0.284. The van der Waals surface area contributed by atoms with E-state index < -0.39 is 0 Å². The van der Waals surface area contributed by atoms with Crippen LogP contribution >= 0.6 is 11.6 Å². The number of rotatable bonds is 2. The molecule has 0 N–H and O–H groups in total. The number of aromatic nitrogens is 2. The zero-order valence-corrected chi connectivity index (χ0v) is 12.4. The zero-order valence-electron chi connectivity index (χ0n) is 11.7. The summed E-state index contributed by atoms with van der Waals surface area (Å²) in [5.41, 5.74) is 0. The van der Waals surface area contributed by atoms with Crippen molar-refractivity contribution < 1.29 is 4.79 Å². The molecule has 2 fully saturated rings. The number of carbonyl (C=O) groups excluding carboxylic acids is 1. The van der Waals surface area contributed by atoms with E-state index in [0.717, 1.165) is 50.7 Å². The molecule has 0 bridgehead atoms. The first-order chi connectivity index (χ1) is 9.65. The standard InChI is InChI=1S/C14H19ClN4O/c1-10-16-9-12(15)13(17-10)18-5-7-19(8-6-18)14(20)11-3-2-4-11/h9,11H,2-8H2,1H3. The van der Waals surface area contributed by atoms with E-state index in [4.69, 9.17) is 11.6 Å². The Bertz CT molecular complexity index is 510. The smallest absolute Gasteiger partial charge is 0.225 e. The lowest BCUT2D eigenvalue weighted by Gasteiger charge is -2.38. The van der Waals surface area contributed by atoms with Crippen LogP contribution in [0.3, 0.4) is 0 Å². The van der Waals surface area contributed by atoms with Crippen LogP contribution in [0.5, 0.6) is 0 Å². The second-order valence-corrected chi connectivity index (χ2v) is 5.94. The van der Waals surface area contributed by atoms with Gasteiger partial charge in [0.15, 0.2) is 5.82 Å². The molecule has 1 saturated heterocycles. The van der Waals surface area contributed by atoms with Gasteiger partial charge in [0.25, 0.3) is 0 Å². The van der Waals surface area contributed by atoms with Crippen LogP contribution in [0, 0.1) is 12.8 Å². The highest BCUT2D eigenvalue weighted by molar-refractivity contribution is 6.32. The number of nitrogens with zero attached hydrogens (tertiary/aromatic N) is 4. The number of anilines is 1. The van der Waals surface area contributed by atoms with Gasteiger partial charge >= 0.3 is 0 Å². The first-order valence-electron chi connectivity index (χ1n) is 7.18. The highest BCUT2D eigenvalue weighted by atomic mass is 35.5. The molecular formula is C14H19ClN4O. The number of halogens is 1. The van der Waals surface area contributed by atoms with Crippen molar-refractivity contribution >= 4 is 23.3 Å². The molecule has 1 aliphatic heterocycles. The predicted octanol–water partition coefficient (Wildman–Crippen LogP) is 1.89. The largest absolute Gasteiger partial charge is 0.352 e. The van der Waals surface area contributed by atoms with Crippen LogP contribution in [0.1, 0.15) is 25.1 Å². The van der Waals surface area contributed by atoms with Gasteiger partial charge in [-0.2, -0.15) is 0 Å². The number of piperazine rings is 1. The van der Waals surface area contributed by atoms with Gasteiger partial charge in [0.05, 0.1) is 6.20 Å². The van der Waals surface area contributed by atoms with E-state index >= 15 is 0 Å². The maximum Gasteiger partial charge on any atom is 0.225 e. The summed E-state index contributed by atoms with van der Waals surface area (Å²) in [6, 6.07) is 0. The average Bonchev–Trinajstić information content (AvgIpc) is 2.40. The van der Waals surface area contributed by atoms with E-state index in [1.54, 1.807) is 6.20 Å². The fraction of sp³-hybridized carbons (Fsp3) is 0.643. The maximum atomic E-state index is 12.2. The summed E-state index contributed by atoms with van der Waals surface area (Å²) in [6.07, 6.45) is 4.98. The number of aryl methyl sites for hydroxylation is 1. The Balaban J connectivity index is 1.63. The van der Waals surface area contributed by atoms with E-state index in [0.29, 0.717) is 10.9 Å². The minimum absolute atomic E-state index is 0.284. The van der Waals surface area contributed by atoms with Crippen LogP contribution in [0.4, 0.5) is 5.82 Å². The van der Waals surface area contributed by atoms with E-state index in [-0.39, 0.29) is 5.92 Å². The van der Waals surface area contributed by atoms with Gasteiger partial charge in [-0.15, -0.1) is 0 Å². The van der Waals surface area contributed by atoms with Gasteiger partial charge in [0, 0.05) is 32.1 Å². The lowest BCUT2D eigenvalue weighted by atomic mass is 9.84. The third-order valence-corrected chi connectivity index (χ3v) is 4.46. The van der Waals surface area contributed by atoms with Crippen molar-refractivity contribution in [1.29, 1.82) is 0 Å². The molecule has 1 saturated carbocycles. The third-order valence-electron chi connectivity index (χ3n) is 4.19. The quantitative estimate of drug-likeness (QED) is 0.836. The number of hydrogen-bond donors (Lipinski definition) is 0. The summed E-state index contributed by atoms with van der Waals surface area (Å²) in [5, 5.41) is 0.578. The van der Waals surface area contributed by atoms with Gasteiger partial charge in [-0.3, -0.25) is 4.79 Å². The predicted molar refractivity (Wildman–Crippen MR) is 77.9 cm³/mol. The molecule has 1 aromatic heterocycles. The molecule has 20 heavy (non-hydrogen) atoms. The van der Waals surface area contributed by atoms with Gasteiger partial charge in [-0.25, -0.2) is 9.97 Å². The first kappa shape index (κ1) is 13.6. The van der Waals surface area contributed by atoms with E-state index in [1.807, 2.05) is 11.8 Å². The summed E-state index contributed by atoms with van der Waals surface area (Å²) in [4.78, 5) is 24.8. The zero-order chi connectivity index (χ0) is 14.1. The lowest BCUT2D eigenvalue weighted by Crippen LogP contribution is -2.51. The highest BCUT2D eigenvalue weighted by Gasteiger charge is 2.31. The van der Waals surface area contributed by atoms with Crippen LogP contribution < -0.4 is 4.90 Å². The van der Waals surface area contributed by atoms with E-state index in [1.165, 1.54) is 6.42 Å². The summed E-state index contributed by atoms with van der Waals surface area (Å²) in [5.74, 6) is 2.12. The molecule has 2 heterocycles. The molecule has 0 unspecified atom stereocenters. The molecule has 0 atom stereocenters. The van der Waals surface area contributed by atoms with Crippen molar-refractivity contribution in [2.45, 2.75) is 26.2 Å². The fourth-order valence-electron chi connectivity index (χ4n) is 2.72. The minimum Gasteiger partial charge on any atom is -0.352 e. The molecule has 6 heteroatoms. The van der Waals surface area contributed by atoms with Crippen LogP contribution in [0.15, 0.2) is 6.20 Å². The van der Waals surface area contributed by atoms with Crippen molar-refractivity contribution in [3.8, 4) is 0 Å². The maximum absolute atomic E-state index is 12.2. The summed E-state index contributed by atoms with van der Waals surface area (Å²) >= 11 is 6.16.